The van der Waals surface area contributed by atoms with Gasteiger partial charge < -0.3 is 0 Å². The third-order valence-corrected chi connectivity index (χ3v) is 4.15. The zero-order chi connectivity index (χ0) is 15.7. The second kappa shape index (κ2) is 6.52. The number of halogens is 4. The number of hydrogen-bond acceptors (Lipinski definition) is 0. The monoisotopic (exact) mass is 366 g/mol. The molecule has 0 aromatic heterocycles. The first-order chi connectivity index (χ1) is 10.5. The molecule has 3 aromatic rings. The summed E-state index contributed by atoms with van der Waals surface area (Å²) >= 11 is 24.5. The van der Waals surface area contributed by atoms with Crippen LogP contribution in [0.4, 0.5) is 0 Å². The van der Waals surface area contributed by atoms with Crippen LogP contribution in [-0.2, 0) is 0 Å². The molecule has 0 atom stereocenters. The summed E-state index contributed by atoms with van der Waals surface area (Å²) in [6.45, 7) is 0. The summed E-state index contributed by atoms with van der Waals surface area (Å²) in [6, 6.07) is 19.0. The molecule has 0 unspecified atom stereocenters. The molecule has 0 saturated heterocycles. The van der Waals surface area contributed by atoms with Crippen molar-refractivity contribution in [2.24, 2.45) is 0 Å². The topological polar surface area (TPSA) is 0 Å². The van der Waals surface area contributed by atoms with Gasteiger partial charge in [0.1, 0.15) is 0 Å². The molecule has 110 valence electrons. The maximum atomic E-state index is 6.12. The van der Waals surface area contributed by atoms with Crippen LogP contribution in [0.1, 0.15) is 0 Å². The van der Waals surface area contributed by atoms with Crippen LogP contribution in [0.5, 0.6) is 0 Å². The molecule has 0 aliphatic carbocycles. The molecule has 0 heterocycles. The average molecular weight is 368 g/mol. The van der Waals surface area contributed by atoms with Crippen LogP contribution >= 0.6 is 46.4 Å². The minimum atomic E-state index is 0.599. The van der Waals surface area contributed by atoms with E-state index in [4.69, 9.17) is 46.4 Å². The zero-order valence-corrected chi connectivity index (χ0v) is 14.3. The van der Waals surface area contributed by atoms with Gasteiger partial charge in [-0.2, -0.15) is 0 Å². The van der Waals surface area contributed by atoms with Gasteiger partial charge in [0.15, 0.2) is 0 Å². The number of hydrogen-bond donors (Lipinski definition) is 0. The van der Waals surface area contributed by atoms with Crippen LogP contribution in [0.25, 0.3) is 22.3 Å². The van der Waals surface area contributed by atoms with E-state index in [9.17, 15) is 0 Å². The Hall–Kier alpha value is -1.18. The molecule has 3 rings (SSSR count). The minimum Gasteiger partial charge on any atom is -0.0843 e. The predicted octanol–water partition coefficient (Wildman–Crippen LogP) is 7.63. The lowest BCUT2D eigenvalue weighted by Gasteiger charge is -2.12. The summed E-state index contributed by atoms with van der Waals surface area (Å²) in [5, 5.41) is 2.39. The smallest absolute Gasteiger partial charge is 0.0426 e. The largest absolute Gasteiger partial charge is 0.0843 e. The van der Waals surface area contributed by atoms with Crippen molar-refractivity contribution in [3.8, 4) is 22.3 Å². The Labute approximate surface area is 149 Å². The second-order valence-electron chi connectivity index (χ2n) is 4.86. The lowest BCUT2D eigenvalue weighted by Crippen LogP contribution is -1.86. The third-order valence-electron chi connectivity index (χ3n) is 3.27. The van der Waals surface area contributed by atoms with Crippen molar-refractivity contribution in [3.05, 3.63) is 80.8 Å². The quantitative estimate of drug-likeness (QED) is 0.436. The van der Waals surface area contributed by atoms with E-state index >= 15 is 0 Å². The van der Waals surface area contributed by atoms with E-state index in [0.717, 1.165) is 22.3 Å². The summed E-state index contributed by atoms with van der Waals surface area (Å²) < 4.78 is 0. The summed E-state index contributed by atoms with van der Waals surface area (Å²) in [7, 11) is 0. The lowest BCUT2D eigenvalue weighted by atomic mass is 9.95. The van der Waals surface area contributed by atoms with E-state index < -0.39 is 0 Å². The van der Waals surface area contributed by atoms with Gasteiger partial charge in [-0.25, -0.2) is 0 Å². The molecule has 0 saturated carbocycles. The third kappa shape index (κ3) is 3.42. The summed E-state index contributed by atoms with van der Waals surface area (Å²) in [5.74, 6) is 0. The molecular weight excluding hydrogens is 358 g/mol. The first kappa shape index (κ1) is 15.7. The van der Waals surface area contributed by atoms with E-state index in [2.05, 4.69) is 0 Å². The molecule has 4 heteroatoms. The summed E-state index contributed by atoms with van der Waals surface area (Å²) in [4.78, 5) is 0. The Balaban J connectivity index is 2.22. The van der Waals surface area contributed by atoms with Gasteiger partial charge >= 0.3 is 0 Å². The van der Waals surface area contributed by atoms with Crippen LogP contribution < -0.4 is 0 Å². The fraction of sp³-hybridized carbons (Fsp3) is 0. The van der Waals surface area contributed by atoms with Gasteiger partial charge in [-0.1, -0.05) is 70.7 Å². The van der Waals surface area contributed by atoms with Gasteiger partial charge in [0, 0.05) is 20.1 Å². The molecule has 0 nitrogen and oxygen atoms in total. The van der Waals surface area contributed by atoms with Crippen molar-refractivity contribution in [1.82, 2.24) is 0 Å². The zero-order valence-electron chi connectivity index (χ0n) is 11.3. The van der Waals surface area contributed by atoms with Crippen molar-refractivity contribution in [2.75, 3.05) is 0 Å². The molecular formula is C18H10Cl4. The van der Waals surface area contributed by atoms with Crippen LogP contribution in [0, 0.1) is 0 Å². The van der Waals surface area contributed by atoms with Gasteiger partial charge in [0.05, 0.1) is 0 Å². The standard InChI is InChI=1S/C18H10Cl4/c19-13-5-11(6-14(20)9-13)17-3-1-2-4-18(17)12-7-15(21)10-16(22)8-12/h1-10H. The molecule has 3 aromatic carbocycles. The Bertz CT molecular complexity index is 729. The van der Waals surface area contributed by atoms with Crippen LogP contribution in [0.3, 0.4) is 0 Å². The first-order valence-corrected chi connectivity index (χ1v) is 8.06. The molecule has 0 aliphatic heterocycles. The van der Waals surface area contributed by atoms with Crippen LogP contribution in [-0.4, -0.2) is 0 Å². The van der Waals surface area contributed by atoms with E-state index in [-0.39, 0.29) is 0 Å². The molecule has 0 bridgehead atoms. The second-order valence-corrected chi connectivity index (χ2v) is 6.61. The van der Waals surface area contributed by atoms with Gasteiger partial charge in [0.2, 0.25) is 0 Å². The Morgan fingerprint density at radius 3 is 1.09 bits per heavy atom. The molecule has 0 N–H and O–H groups in total. The van der Waals surface area contributed by atoms with Gasteiger partial charge in [-0.05, 0) is 58.7 Å². The van der Waals surface area contributed by atoms with Crippen molar-refractivity contribution in [3.63, 3.8) is 0 Å². The molecule has 0 spiro atoms. The molecule has 0 radical (unpaired) electrons. The Kier molecular flexibility index (Phi) is 4.65. The van der Waals surface area contributed by atoms with Crippen molar-refractivity contribution >= 4 is 46.4 Å². The van der Waals surface area contributed by atoms with Crippen molar-refractivity contribution < 1.29 is 0 Å². The maximum absolute atomic E-state index is 6.12. The summed E-state index contributed by atoms with van der Waals surface area (Å²) in [5.41, 5.74) is 3.93. The fourth-order valence-corrected chi connectivity index (χ4v) is 3.46. The Morgan fingerprint density at radius 2 is 0.773 bits per heavy atom. The van der Waals surface area contributed by atoms with E-state index in [1.165, 1.54) is 0 Å². The lowest BCUT2D eigenvalue weighted by molar-refractivity contribution is 1.58. The highest BCUT2D eigenvalue weighted by atomic mass is 35.5. The van der Waals surface area contributed by atoms with E-state index in [1.807, 2.05) is 48.5 Å². The first-order valence-electron chi connectivity index (χ1n) is 6.55. The average Bonchev–Trinajstić information content (AvgIpc) is 2.45. The highest BCUT2D eigenvalue weighted by Crippen LogP contribution is 2.36. The summed E-state index contributed by atoms with van der Waals surface area (Å²) in [6.07, 6.45) is 0. The molecule has 22 heavy (non-hydrogen) atoms. The maximum Gasteiger partial charge on any atom is 0.0426 e. The highest BCUT2D eigenvalue weighted by molar-refractivity contribution is 6.35. The normalized spacial score (nSPS) is 10.7. The number of rotatable bonds is 2. The fourth-order valence-electron chi connectivity index (χ4n) is 2.41. The van der Waals surface area contributed by atoms with E-state index in [0.29, 0.717) is 20.1 Å². The highest BCUT2D eigenvalue weighted by Gasteiger charge is 2.10. The van der Waals surface area contributed by atoms with Gasteiger partial charge in [-0.15, -0.1) is 0 Å². The molecule has 0 fully saturated rings. The number of benzene rings is 3. The van der Waals surface area contributed by atoms with E-state index in [1.54, 1.807) is 12.1 Å². The van der Waals surface area contributed by atoms with Gasteiger partial charge in [-0.3, -0.25) is 0 Å². The van der Waals surface area contributed by atoms with Crippen molar-refractivity contribution in [1.29, 1.82) is 0 Å². The Morgan fingerprint density at radius 1 is 0.455 bits per heavy atom. The predicted molar refractivity (Wildman–Crippen MR) is 97.4 cm³/mol. The van der Waals surface area contributed by atoms with Crippen LogP contribution in [0.2, 0.25) is 20.1 Å². The van der Waals surface area contributed by atoms with Crippen molar-refractivity contribution in [2.45, 2.75) is 0 Å². The van der Waals surface area contributed by atoms with Gasteiger partial charge in [0.25, 0.3) is 0 Å². The van der Waals surface area contributed by atoms with Crippen LogP contribution in [0.15, 0.2) is 60.7 Å². The molecule has 0 aliphatic rings. The molecule has 0 amide bonds. The SMILES string of the molecule is Clc1cc(Cl)cc(-c2ccccc2-c2cc(Cl)cc(Cl)c2)c1. The minimum absolute atomic E-state index is 0.599.